The number of nitrogens with one attached hydrogen (secondary N) is 1. The highest BCUT2D eigenvalue weighted by molar-refractivity contribution is 5.38. The normalized spacial score (nSPS) is 12.2. The minimum Gasteiger partial charge on any atom is -0.496 e. The van der Waals surface area contributed by atoms with Crippen LogP contribution in [-0.2, 0) is 6.42 Å². The van der Waals surface area contributed by atoms with Gasteiger partial charge in [0.25, 0.3) is 0 Å². The second kappa shape index (κ2) is 6.65. The predicted molar refractivity (Wildman–Crippen MR) is 83.0 cm³/mol. The first kappa shape index (κ1) is 15.4. The summed E-state index contributed by atoms with van der Waals surface area (Å²) in [7, 11) is 1.68. The molecule has 2 aromatic rings. The summed E-state index contributed by atoms with van der Waals surface area (Å²) >= 11 is 0. The van der Waals surface area contributed by atoms with Crippen LogP contribution in [0.5, 0.6) is 5.75 Å². The summed E-state index contributed by atoms with van der Waals surface area (Å²) in [6.07, 6.45) is 0.729. The van der Waals surface area contributed by atoms with Crippen molar-refractivity contribution in [2.45, 2.75) is 33.2 Å². The number of ether oxygens (including phenoxy) is 1. The third-order valence-corrected chi connectivity index (χ3v) is 3.58. The molecule has 1 aromatic heterocycles. The Kier molecular flexibility index (Phi) is 4.88. The molecule has 0 spiro atoms. The number of nitrogens with zero attached hydrogens (tertiary/aromatic N) is 2. The maximum absolute atomic E-state index is 5.76. The number of rotatable bonds is 5. The van der Waals surface area contributed by atoms with Crippen molar-refractivity contribution < 1.29 is 4.74 Å². The van der Waals surface area contributed by atoms with Crippen molar-refractivity contribution in [1.29, 1.82) is 0 Å². The van der Waals surface area contributed by atoms with E-state index in [9.17, 15) is 0 Å². The second-order valence-corrected chi connectivity index (χ2v) is 5.27. The third-order valence-electron chi connectivity index (χ3n) is 3.58. The van der Waals surface area contributed by atoms with Gasteiger partial charge in [-0.3, -0.25) is 11.3 Å². The van der Waals surface area contributed by atoms with E-state index >= 15 is 0 Å². The Hall–Kier alpha value is -1.98. The maximum atomic E-state index is 5.76. The minimum atomic E-state index is -0.0325. The Bertz CT molecular complexity index is 628. The van der Waals surface area contributed by atoms with Crippen molar-refractivity contribution in [3.05, 3.63) is 52.3 Å². The number of nitrogens with two attached hydrogens (primary N) is 1. The molecule has 3 N–H and O–H groups in total. The van der Waals surface area contributed by atoms with Gasteiger partial charge in [-0.1, -0.05) is 17.7 Å². The Morgan fingerprint density at radius 2 is 1.95 bits per heavy atom. The lowest BCUT2D eigenvalue weighted by molar-refractivity contribution is 0.405. The van der Waals surface area contributed by atoms with Crippen LogP contribution in [0.15, 0.2) is 24.3 Å². The quantitative estimate of drug-likeness (QED) is 0.651. The number of aryl methyl sites for hydroxylation is 3. The van der Waals surface area contributed by atoms with Crippen molar-refractivity contribution in [1.82, 2.24) is 15.6 Å². The van der Waals surface area contributed by atoms with Gasteiger partial charge in [-0.05, 0) is 50.5 Å². The Morgan fingerprint density at radius 1 is 1.19 bits per heavy atom. The van der Waals surface area contributed by atoms with E-state index in [1.54, 1.807) is 7.11 Å². The Labute approximate surface area is 125 Å². The van der Waals surface area contributed by atoms with Gasteiger partial charge in [0.2, 0.25) is 0 Å². The van der Waals surface area contributed by atoms with Gasteiger partial charge in [0.05, 0.1) is 24.5 Å². The van der Waals surface area contributed by atoms with Crippen LogP contribution in [0.3, 0.4) is 0 Å². The summed E-state index contributed by atoms with van der Waals surface area (Å²) in [6, 6.07) is 8.14. The standard InChI is InChI=1S/C16H22N4O/c1-10-5-6-16(21-4)13(7-10)9-15(18-17)14-8-11(2)19-20-12(14)3/h5-8,15,18H,9,17H2,1-4H3. The van der Waals surface area contributed by atoms with E-state index in [2.05, 4.69) is 28.6 Å². The van der Waals surface area contributed by atoms with Gasteiger partial charge in [-0.15, -0.1) is 0 Å². The molecule has 0 radical (unpaired) electrons. The average Bonchev–Trinajstić information content (AvgIpc) is 2.47. The number of hydrogen-bond donors (Lipinski definition) is 2. The molecule has 0 amide bonds. The molecule has 5 nitrogen and oxygen atoms in total. The van der Waals surface area contributed by atoms with Crippen LogP contribution in [0.2, 0.25) is 0 Å². The first-order valence-corrected chi connectivity index (χ1v) is 6.95. The van der Waals surface area contributed by atoms with Gasteiger partial charge < -0.3 is 4.74 Å². The molecule has 1 atom stereocenters. The van der Waals surface area contributed by atoms with Crippen LogP contribution in [0, 0.1) is 20.8 Å². The molecule has 112 valence electrons. The highest BCUT2D eigenvalue weighted by Crippen LogP contribution is 2.26. The average molecular weight is 286 g/mol. The largest absolute Gasteiger partial charge is 0.496 e. The second-order valence-electron chi connectivity index (χ2n) is 5.27. The first-order chi connectivity index (χ1) is 10.0. The summed E-state index contributed by atoms with van der Waals surface area (Å²) < 4.78 is 5.44. The summed E-state index contributed by atoms with van der Waals surface area (Å²) in [6.45, 7) is 5.94. The van der Waals surface area contributed by atoms with Crippen LogP contribution in [0.1, 0.15) is 34.1 Å². The molecule has 21 heavy (non-hydrogen) atoms. The lowest BCUT2D eigenvalue weighted by Crippen LogP contribution is -2.30. The van der Waals surface area contributed by atoms with Crippen molar-refractivity contribution in [3.8, 4) is 5.75 Å². The molecule has 1 unspecified atom stereocenters. The molecule has 0 saturated heterocycles. The van der Waals surface area contributed by atoms with Crippen molar-refractivity contribution in [2.24, 2.45) is 5.84 Å². The van der Waals surface area contributed by atoms with Crippen molar-refractivity contribution >= 4 is 0 Å². The van der Waals surface area contributed by atoms with Crippen LogP contribution < -0.4 is 16.0 Å². The van der Waals surface area contributed by atoms with Crippen LogP contribution >= 0.6 is 0 Å². The van der Waals surface area contributed by atoms with Gasteiger partial charge in [0.15, 0.2) is 0 Å². The molecule has 0 bridgehead atoms. The van der Waals surface area contributed by atoms with Crippen LogP contribution in [0.4, 0.5) is 0 Å². The highest BCUT2D eigenvalue weighted by atomic mass is 16.5. The summed E-state index contributed by atoms with van der Waals surface area (Å²) in [5.41, 5.74) is 8.03. The van der Waals surface area contributed by atoms with Crippen LogP contribution in [0.25, 0.3) is 0 Å². The molecule has 5 heteroatoms. The van der Waals surface area contributed by atoms with Gasteiger partial charge in [0, 0.05) is 0 Å². The third kappa shape index (κ3) is 3.56. The first-order valence-electron chi connectivity index (χ1n) is 6.95. The van der Waals surface area contributed by atoms with E-state index in [1.165, 1.54) is 5.56 Å². The highest BCUT2D eigenvalue weighted by Gasteiger charge is 2.17. The smallest absolute Gasteiger partial charge is 0.122 e. The van der Waals surface area contributed by atoms with E-state index < -0.39 is 0 Å². The summed E-state index contributed by atoms with van der Waals surface area (Å²) in [5, 5.41) is 8.24. The van der Waals surface area contributed by atoms with Crippen LogP contribution in [-0.4, -0.2) is 17.3 Å². The van der Waals surface area contributed by atoms with Gasteiger partial charge in [-0.25, -0.2) is 0 Å². The van der Waals surface area contributed by atoms with Gasteiger partial charge in [0.1, 0.15) is 5.75 Å². The van der Waals surface area contributed by atoms with Gasteiger partial charge >= 0.3 is 0 Å². The lowest BCUT2D eigenvalue weighted by Gasteiger charge is -2.20. The van der Waals surface area contributed by atoms with E-state index in [4.69, 9.17) is 10.6 Å². The topological polar surface area (TPSA) is 73.1 Å². The molecule has 0 aliphatic carbocycles. The molecule has 0 saturated carbocycles. The van der Waals surface area contributed by atoms with E-state index in [-0.39, 0.29) is 6.04 Å². The molecule has 1 aromatic carbocycles. The molecule has 1 heterocycles. The van der Waals surface area contributed by atoms with E-state index in [1.807, 2.05) is 32.0 Å². The SMILES string of the molecule is COc1ccc(C)cc1CC(NN)c1cc(C)nnc1C. The van der Waals surface area contributed by atoms with Crippen molar-refractivity contribution in [2.75, 3.05) is 7.11 Å². The zero-order valence-corrected chi connectivity index (χ0v) is 13.0. The maximum Gasteiger partial charge on any atom is 0.122 e. The van der Waals surface area contributed by atoms with E-state index in [0.717, 1.165) is 34.7 Å². The molecule has 0 aliphatic heterocycles. The fraction of sp³-hybridized carbons (Fsp3) is 0.375. The predicted octanol–water partition coefficient (Wildman–Crippen LogP) is 2.16. The summed E-state index contributed by atoms with van der Waals surface area (Å²) in [4.78, 5) is 0. The van der Waals surface area contributed by atoms with Crippen molar-refractivity contribution in [3.63, 3.8) is 0 Å². The molecule has 0 aliphatic rings. The Balaban J connectivity index is 2.35. The molecule has 2 rings (SSSR count). The van der Waals surface area contributed by atoms with Gasteiger partial charge in [-0.2, -0.15) is 10.2 Å². The number of hydrogen-bond acceptors (Lipinski definition) is 5. The number of aromatic nitrogens is 2. The fourth-order valence-corrected chi connectivity index (χ4v) is 2.47. The molecule has 0 fully saturated rings. The summed E-state index contributed by atoms with van der Waals surface area (Å²) in [5.74, 6) is 6.63. The molecular weight excluding hydrogens is 264 g/mol. The number of hydrazine groups is 1. The number of benzene rings is 1. The minimum absolute atomic E-state index is 0.0325. The number of methoxy groups -OCH3 is 1. The lowest BCUT2D eigenvalue weighted by atomic mass is 9.96. The molecular formula is C16H22N4O. The zero-order valence-electron chi connectivity index (χ0n) is 13.0. The fourth-order valence-electron chi connectivity index (χ4n) is 2.47. The Morgan fingerprint density at radius 3 is 2.62 bits per heavy atom. The van der Waals surface area contributed by atoms with E-state index in [0.29, 0.717) is 0 Å². The zero-order chi connectivity index (χ0) is 15.4. The monoisotopic (exact) mass is 286 g/mol.